The molecule has 7 nitrogen and oxygen atoms in total. The van der Waals surface area contributed by atoms with Gasteiger partial charge in [-0.15, -0.1) is 0 Å². The lowest BCUT2D eigenvalue weighted by Crippen LogP contribution is -2.54. The largest absolute Gasteiger partial charge is 0.422 e. The number of nitrogens with zero attached hydrogens (tertiary/aromatic N) is 4. The van der Waals surface area contributed by atoms with Gasteiger partial charge < -0.3 is 14.6 Å². The van der Waals surface area contributed by atoms with Crippen LogP contribution in [0.1, 0.15) is 13.8 Å². The monoisotopic (exact) mass is 393 g/mol. The molecule has 4 aromatic rings. The number of halogens is 1. The maximum absolute atomic E-state index is 13.4. The number of fused-ring (bicyclic) bond motifs is 2. The summed E-state index contributed by atoms with van der Waals surface area (Å²) >= 11 is 0. The van der Waals surface area contributed by atoms with Gasteiger partial charge in [0.2, 0.25) is 5.78 Å². The lowest BCUT2D eigenvalue weighted by Gasteiger charge is -2.37. The first-order valence-electron chi connectivity index (χ1n) is 9.56. The second-order valence-corrected chi connectivity index (χ2v) is 7.65. The standard InChI is InChI=1S/C21H20FN5O2/c1-12-8-26(9-13(2)24-12)16-4-3-14-5-17(20(28)29-19(14)6-16)18-11-27-10-15(22)7-23-21(27)25-18/h3-7,10-13,24H,8-9H2,1-2H3/t12-,13+. The third-order valence-corrected chi connectivity index (χ3v) is 5.20. The van der Waals surface area contributed by atoms with Crippen molar-refractivity contribution in [3.8, 4) is 11.3 Å². The van der Waals surface area contributed by atoms with Gasteiger partial charge in [-0.25, -0.2) is 19.2 Å². The van der Waals surface area contributed by atoms with Crippen molar-refractivity contribution in [3.63, 3.8) is 0 Å². The molecule has 0 amide bonds. The van der Waals surface area contributed by atoms with Crippen LogP contribution >= 0.6 is 0 Å². The Morgan fingerprint density at radius 2 is 1.97 bits per heavy atom. The van der Waals surface area contributed by atoms with Crippen molar-refractivity contribution >= 4 is 22.4 Å². The maximum Gasteiger partial charge on any atom is 0.345 e. The summed E-state index contributed by atoms with van der Waals surface area (Å²) in [6.45, 7) is 6.10. The second kappa shape index (κ2) is 6.66. The van der Waals surface area contributed by atoms with E-state index in [1.807, 2.05) is 18.2 Å². The predicted octanol–water partition coefficient (Wildman–Crippen LogP) is 2.83. The molecule has 1 aliphatic heterocycles. The number of hydrogen-bond acceptors (Lipinski definition) is 6. The smallest absolute Gasteiger partial charge is 0.345 e. The van der Waals surface area contributed by atoms with Gasteiger partial charge in [-0.1, -0.05) is 0 Å². The van der Waals surface area contributed by atoms with Crippen LogP contribution in [-0.4, -0.2) is 39.5 Å². The van der Waals surface area contributed by atoms with Crippen LogP contribution in [-0.2, 0) is 0 Å². The van der Waals surface area contributed by atoms with Crippen molar-refractivity contribution in [1.29, 1.82) is 0 Å². The van der Waals surface area contributed by atoms with Gasteiger partial charge in [0, 0.05) is 54.7 Å². The van der Waals surface area contributed by atoms with Gasteiger partial charge in [-0.2, -0.15) is 0 Å². The third-order valence-electron chi connectivity index (χ3n) is 5.20. The van der Waals surface area contributed by atoms with Gasteiger partial charge in [0.15, 0.2) is 5.82 Å². The Balaban J connectivity index is 1.55. The van der Waals surface area contributed by atoms with E-state index < -0.39 is 11.4 Å². The van der Waals surface area contributed by atoms with Gasteiger partial charge in [-0.3, -0.25) is 4.40 Å². The van der Waals surface area contributed by atoms with Crippen molar-refractivity contribution in [2.45, 2.75) is 25.9 Å². The molecule has 2 atom stereocenters. The third kappa shape index (κ3) is 3.25. The molecule has 0 spiro atoms. The summed E-state index contributed by atoms with van der Waals surface area (Å²) in [7, 11) is 0. The average Bonchev–Trinajstić information content (AvgIpc) is 3.09. The highest BCUT2D eigenvalue weighted by molar-refractivity contribution is 5.84. The fraction of sp³-hybridized carbons (Fsp3) is 0.286. The minimum absolute atomic E-state index is 0.318. The molecule has 0 unspecified atom stereocenters. The molecular weight excluding hydrogens is 373 g/mol. The van der Waals surface area contributed by atoms with Crippen LogP contribution in [0.15, 0.2) is 52.1 Å². The predicted molar refractivity (Wildman–Crippen MR) is 109 cm³/mol. The lowest BCUT2D eigenvalue weighted by molar-refractivity contribution is 0.407. The number of nitrogens with one attached hydrogen (secondary N) is 1. The van der Waals surface area contributed by atoms with Crippen molar-refractivity contribution in [2.75, 3.05) is 18.0 Å². The van der Waals surface area contributed by atoms with Crippen molar-refractivity contribution in [2.24, 2.45) is 0 Å². The van der Waals surface area contributed by atoms with Gasteiger partial charge in [-0.05, 0) is 32.0 Å². The van der Waals surface area contributed by atoms with Crippen molar-refractivity contribution in [1.82, 2.24) is 19.7 Å². The number of aromatic nitrogens is 3. The number of piperazine rings is 1. The molecular formula is C21H20FN5O2. The van der Waals surface area contributed by atoms with Crippen LogP contribution in [0.4, 0.5) is 10.1 Å². The Labute approximate surface area is 165 Å². The molecule has 1 aromatic carbocycles. The second-order valence-electron chi connectivity index (χ2n) is 7.65. The summed E-state index contributed by atoms with van der Waals surface area (Å²) in [6.07, 6.45) is 3.93. The summed E-state index contributed by atoms with van der Waals surface area (Å²) in [5, 5.41) is 4.31. The zero-order chi connectivity index (χ0) is 20.1. The van der Waals surface area contributed by atoms with Crippen LogP contribution < -0.4 is 15.8 Å². The van der Waals surface area contributed by atoms with E-state index in [0.29, 0.717) is 34.7 Å². The van der Waals surface area contributed by atoms with Crippen LogP contribution in [0.5, 0.6) is 0 Å². The SMILES string of the molecule is C[C@@H]1CN(c2ccc3cc(-c4cn5cc(F)cnc5n4)c(=O)oc3c2)C[C@H](C)N1. The topological polar surface area (TPSA) is 75.7 Å². The maximum atomic E-state index is 13.4. The van der Waals surface area contributed by atoms with Crippen LogP contribution in [0.2, 0.25) is 0 Å². The molecule has 8 heteroatoms. The molecule has 1 saturated heterocycles. The molecule has 0 bridgehead atoms. The zero-order valence-corrected chi connectivity index (χ0v) is 16.1. The summed E-state index contributed by atoms with van der Waals surface area (Å²) in [6, 6.07) is 8.42. The molecule has 1 N–H and O–H groups in total. The quantitative estimate of drug-likeness (QED) is 0.528. The Kier molecular flexibility index (Phi) is 4.09. The summed E-state index contributed by atoms with van der Waals surface area (Å²) in [5.74, 6) is -0.158. The fourth-order valence-corrected chi connectivity index (χ4v) is 4.00. The van der Waals surface area contributed by atoms with E-state index in [0.717, 1.165) is 30.4 Å². The first-order valence-corrected chi connectivity index (χ1v) is 9.56. The Bertz CT molecular complexity index is 1270. The van der Waals surface area contributed by atoms with E-state index in [1.165, 1.54) is 10.6 Å². The molecule has 3 aromatic heterocycles. The van der Waals surface area contributed by atoms with E-state index in [-0.39, 0.29) is 0 Å². The van der Waals surface area contributed by atoms with E-state index in [9.17, 15) is 9.18 Å². The van der Waals surface area contributed by atoms with Gasteiger partial charge in [0.1, 0.15) is 5.58 Å². The highest BCUT2D eigenvalue weighted by Crippen LogP contribution is 2.26. The van der Waals surface area contributed by atoms with Crippen molar-refractivity contribution in [3.05, 3.63) is 59.1 Å². The summed E-state index contributed by atoms with van der Waals surface area (Å²) < 4.78 is 20.4. The number of hydrogen-bond donors (Lipinski definition) is 1. The van der Waals surface area contributed by atoms with Crippen LogP contribution in [0.25, 0.3) is 28.0 Å². The molecule has 0 saturated carbocycles. The molecule has 1 fully saturated rings. The number of imidazole rings is 1. The lowest BCUT2D eigenvalue weighted by atomic mass is 10.1. The number of anilines is 1. The van der Waals surface area contributed by atoms with E-state index in [4.69, 9.17) is 4.42 Å². The number of benzene rings is 1. The molecule has 4 heterocycles. The highest BCUT2D eigenvalue weighted by atomic mass is 19.1. The fourth-order valence-electron chi connectivity index (χ4n) is 4.00. The first-order chi connectivity index (χ1) is 14.0. The van der Waals surface area contributed by atoms with Crippen LogP contribution in [0, 0.1) is 5.82 Å². The van der Waals surface area contributed by atoms with Gasteiger partial charge >= 0.3 is 5.63 Å². The molecule has 148 valence electrons. The molecule has 1 aliphatic rings. The van der Waals surface area contributed by atoms with Crippen LogP contribution in [0.3, 0.4) is 0 Å². The minimum atomic E-state index is -0.486. The van der Waals surface area contributed by atoms with E-state index in [2.05, 4.69) is 34.0 Å². The van der Waals surface area contributed by atoms with Gasteiger partial charge in [0.05, 0.1) is 17.5 Å². The Hall–Kier alpha value is -3.26. The average molecular weight is 393 g/mol. The number of rotatable bonds is 2. The van der Waals surface area contributed by atoms with E-state index in [1.54, 1.807) is 12.3 Å². The molecule has 29 heavy (non-hydrogen) atoms. The highest BCUT2D eigenvalue weighted by Gasteiger charge is 2.21. The normalized spacial score (nSPS) is 19.9. The summed E-state index contributed by atoms with van der Waals surface area (Å²) in [5.41, 5.74) is 1.79. The Morgan fingerprint density at radius 3 is 2.76 bits per heavy atom. The van der Waals surface area contributed by atoms with Crippen molar-refractivity contribution < 1.29 is 8.81 Å². The first kappa shape index (κ1) is 17.8. The molecule has 5 rings (SSSR count). The summed E-state index contributed by atoms with van der Waals surface area (Å²) in [4.78, 5) is 23.2. The molecule has 0 aliphatic carbocycles. The zero-order valence-electron chi connectivity index (χ0n) is 16.1. The van der Waals surface area contributed by atoms with Gasteiger partial charge in [0.25, 0.3) is 0 Å². The van der Waals surface area contributed by atoms with E-state index >= 15 is 0 Å². The minimum Gasteiger partial charge on any atom is -0.422 e. The Morgan fingerprint density at radius 1 is 1.17 bits per heavy atom. The molecule has 0 radical (unpaired) electrons.